The molecule has 0 atom stereocenters. The van der Waals surface area contributed by atoms with Crippen molar-refractivity contribution in [2.45, 2.75) is 62.9 Å². The summed E-state index contributed by atoms with van der Waals surface area (Å²) in [5.41, 5.74) is 1.38. The number of amides is 2. The molecule has 148 valence electrons. The minimum atomic E-state index is -0.797. The Bertz CT molecular complexity index is 637. The number of nitrogens with one attached hydrogen (secondary N) is 2. The molecule has 6 nitrogen and oxygen atoms in total. The van der Waals surface area contributed by atoms with E-state index in [2.05, 4.69) is 34.9 Å². The summed E-state index contributed by atoms with van der Waals surface area (Å²) in [5.74, 6) is -0.797. The van der Waals surface area contributed by atoms with E-state index < -0.39 is 5.97 Å². The summed E-state index contributed by atoms with van der Waals surface area (Å²) in [4.78, 5) is 25.2. The molecule has 0 aliphatic heterocycles. The molecule has 0 radical (unpaired) electrons. The Morgan fingerprint density at radius 3 is 2.44 bits per heavy atom. The molecule has 3 N–H and O–H groups in total. The zero-order valence-corrected chi connectivity index (χ0v) is 16.1. The van der Waals surface area contributed by atoms with Crippen molar-refractivity contribution in [3.05, 3.63) is 35.9 Å². The first-order valence-corrected chi connectivity index (χ1v) is 10.1. The Morgan fingerprint density at radius 2 is 1.85 bits per heavy atom. The molecule has 6 heteroatoms. The van der Waals surface area contributed by atoms with Crippen LogP contribution >= 0.6 is 0 Å². The van der Waals surface area contributed by atoms with Gasteiger partial charge in [0, 0.05) is 24.0 Å². The fraction of sp³-hybridized carbons (Fsp3) is 0.619. The third-order valence-corrected chi connectivity index (χ3v) is 6.24. The summed E-state index contributed by atoms with van der Waals surface area (Å²) in [6, 6.07) is 10.8. The number of benzene rings is 1. The highest BCUT2D eigenvalue weighted by Gasteiger charge is 2.37. The van der Waals surface area contributed by atoms with Crippen molar-refractivity contribution in [1.29, 1.82) is 0 Å². The molecule has 27 heavy (non-hydrogen) atoms. The second-order valence-corrected chi connectivity index (χ2v) is 7.96. The van der Waals surface area contributed by atoms with Crippen LogP contribution in [0.2, 0.25) is 0 Å². The quantitative estimate of drug-likeness (QED) is 0.654. The zero-order valence-electron chi connectivity index (χ0n) is 16.1. The Kier molecular flexibility index (Phi) is 6.37. The average Bonchev–Trinajstić information content (AvgIpc) is 3.12. The lowest BCUT2D eigenvalue weighted by atomic mass is 9.79. The second-order valence-electron chi connectivity index (χ2n) is 7.96. The van der Waals surface area contributed by atoms with Gasteiger partial charge in [0.1, 0.15) is 0 Å². The molecule has 2 fully saturated rings. The van der Waals surface area contributed by atoms with Crippen LogP contribution in [0.1, 0.15) is 51.0 Å². The van der Waals surface area contributed by atoms with Crippen molar-refractivity contribution < 1.29 is 14.7 Å². The van der Waals surface area contributed by atoms with Gasteiger partial charge < -0.3 is 15.7 Å². The van der Waals surface area contributed by atoms with E-state index in [4.69, 9.17) is 5.11 Å². The minimum absolute atomic E-state index is 0.0568. The molecule has 2 aliphatic carbocycles. The Morgan fingerprint density at radius 1 is 1.19 bits per heavy atom. The van der Waals surface area contributed by atoms with Gasteiger partial charge in [-0.3, -0.25) is 9.69 Å². The van der Waals surface area contributed by atoms with Crippen molar-refractivity contribution in [1.82, 2.24) is 15.5 Å². The van der Waals surface area contributed by atoms with Crippen LogP contribution in [0.5, 0.6) is 0 Å². The summed E-state index contributed by atoms with van der Waals surface area (Å²) in [6.07, 6.45) is 6.28. The average molecular weight is 373 g/mol. The van der Waals surface area contributed by atoms with Gasteiger partial charge in [-0.15, -0.1) is 0 Å². The molecule has 2 amide bonds. The van der Waals surface area contributed by atoms with E-state index in [1.807, 2.05) is 17.9 Å². The Hall–Kier alpha value is -2.08. The standard InChI is InChI=1S/C21H31N3O3/c1-2-24(14-19(25)26)18-12-17(13-18)23-20(27)22-15-21(10-6-7-11-21)16-8-4-3-5-9-16/h3-5,8-9,17-18H,2,6-7,10-15H2,1H3,(H,25,26)(H2,22,23,27). The van der Waals surface area contributed by atoms with E-state index >= 15 is 0 Å². The number of carbonyl (C=O) groups is 2. The number of hydrogen-bond donors (Lipinski definition) is 3. The third-order valence-electron chi connectivity index (χ3n) is 6.24. The van der Waals surface area contributed by atoms with Crippen LogP contribution in [-0.2, 0) is 10.2 Å². The number of likely N-dealkylation sites (N-methyl/N-ethyl adjacent to an activating group) is 1. The maximum atomic E-state index is 12.4. The highest BCUT2D eigenvalue weighted by Crippen LogP contribution is 2.40. The van der Waals surface area contributed by atoms with Gasteiger partial charge in [0.05, 0.1) is 6.54 Å². The molecule has 0 bridgehead atoms. The largest absolute Gasteiger partial charge is 0.480 e. The number of hydrogen-bond acceptors (Lipinski definition) is 3. The molecule has 1 aromatic rings. The van der Waals surface area contributed by atoms with E-state index in [0.29, 0.717) is 6.54 Å². The van der Waals surface area contributed by atoms with E-state index in [1.54, 1.807) is 0 Å². The molecule has 0 unspecified atom stereocenters. The van der Waals surface area contributed by atoms with Gasteiger partial charge in [-0.2, -0.15) is 0 Å². The molecule has 0 spiro atoms. The maximum absolute atomic E-state index is 12.4. The van der Waals surface area contributed by atoms with Crippen molar-refractivity contribution in [3.8, 4) is 0 Å². The molecule has 2 aliphatic rings. The summed E-state index contributed by atoms with van der Waals surface area (Å²) in [6.45, 7) is 3.43. The first kappa shape index (κ1) is 19.7. The Balaban J connectivity index is 1.46. The number of carboxylic acid groups (broad SMARTS) is 1. The fourth-order valence-corrected chi connectivity index (χ4v) is 4.57. The highest BCUT2D eigenvalue weighted by atomic mass is 16.4. The smallest absolute Gasteiger partial charge is 0.317 e. The summed E-state index contributed by atoms with van der Waals surface area (Å²) in [7, 11) is 0. The predicted molar refractivity (Wildman–Crippen MR) is 105 cm³/mol. The zero-order chi connectivity index (χ0) is 19.3. The van der Waals surface area contributed by atoms with Crippen molar-refractivity contribution >= 4 is 12.0 Å². The number of carbonyl (C=O) groups excluding carboxylic acids is 1. The number of rotatable bonds is 8. The van der Waals surface area contributed by atoms with Crippen LogP contribution < -0.4 is 10.6 Å². The van der Waals surface area contributed by atoms with E-state index in [-0.39, 0.29) is 30.1 Å². The second kappa shape index (κ2) is 8.74. The lowest BCUT2D eigenvalue weighted by Crippen LogP contribution is -2.57. The van der Waals surface area contributed by atoms with Crippen molar-refractivity contribution in [3.63, 3.8) is 0 Å². The van der Waals surface area contributed by atoms with Gasteiger partial charge >= 0.3 is 12.0 Å². The summed E-state index contributed by atoms with van der Waals surface area (Å²) < 4.78 is 0. The molecular formula is C21H31N3O3. The van der Waals surface area contributed by atoms with Gasteiger partial charge in [0.25, 0.3) is 0 Å². The topological polar surface area (TPSA) is 81.7 Å². The summed E-state index contributed by atoms with van der Waals surface area (Å²) in [5, 5.41) is 15.1. The molecule has 0 heterocycles. The van der Waals surface area contributed by atoms with Crippen LogP contribution in [0.25, 0.3) is 0 Å². The van der Waals surface area contributed by atoms with Gasteiger partial charge in [0.15, 0.2) is 0 Å². The van der Waals surface area contributed by atoms with Crippen LogP contribution in [0.4, 0.5) is 4.79 Å². The fourth-order valence-electron chi connectivity index (χ4n) is 4.57. The summed E-state index contributed by atoms with van der Waals surface area (Å²) >= 11 is 0. The molecule has 1 aromatic carbocycles. The van der Waals surface area contributed by atoms with E-state index in [9.17, 15) is 9.59 Å². The van der Waals surface area contributed by atoms with Crippen molar-refractivity contribution in [2.75, 3.05) is 19.6 Å². The SMILES string of the molecule is CCN(CC(=O)O)C1CC(NC(=O)NCC2(c3ccccc3)CCCC2)C1. The third kappa shape index (κ3) is 4.80. The van der Waals surface area contributed by atoms with E-state index in [1.165, 1.54) is 18.4 Å². The number of carboxylic acids is 1. The van der Waals surface area contributed by atoms with Crippen LogP contribution in [-0.4, -0.2) is 53.7 Å². The van der Waals surface area contributed by atoms with Gasteiger partial charge in [-0.1, -0.05) is 50.1 Å². The predicted octanol–water partition coefficient (Wildman–Crippen LogP) is 2.74. The lowest BCUT2D eigenvalue weighted by Gasteiger charge is -2.42. The lowest BCUT2D eigenvalue weighted by molar-refractivity contribution is -0.139. The molecule has 3 rings (SSSR count). The first-order valence-electron chi connectivity index (χ1n) is 10.1. The highest BCUT2D eigenvalue weighted by molar-refractivity contribution is 5.74. The van der Waals surface area contributed by atoms with E-state index in [0.717, 1.165) is 32.2 Å². The number of urea groups is 1. The van der Waals surface area contributed by atoms with Gasteiger partial charge in [-0.05, 0) is 37.8 Å². The van der Waals surface area contributed by atoms with Crippen molar-refractivity contribution in [2.24, 2.45) is 0 Å². The molecule has 2 saturated carbocycles. The Labute approximate surface area is 161 Å². The molecule has 0 aromatic heterocycles. The maximum Gasteiger partial charge on any atom is 0.317 e. The monoisotopic (exact) mass is 373 g/mol. The van der Waals surface area contributed by atoms with Gasteiger partial charge in [-0.25, -0.2) is 4.79 Å². The van der Waals surface area contributed by atoms with Crippen LogP contribution in [0.15, 0.2) is 30.3 Å². The molecule has 0 saturated heterocycles. The normalized spacial score (nSPS) is 23.6. The number of aliphatic carboxylic acids is 1. The molecular weight excluding hydrogens is 342 g/mol. The first-order chi connectivity index (χ1) is 13.0. The van der Waals surface area contributed by atoms with Crippen LogP contribution in [0, 0.1) is 0 Å². The number of nitrogens with zero attached hydrogens (tertiary/aromatic N) is 1. The van der Waals surface area contributed by atoms with Gasteiger partial charge in [0.2, 0.25) is 0 Å². The minimum Gasteiger partial charge on any atom is -0.480 e. The van der Waals surface area contributed by atoms with Crippen LogP contribution in [0.3, 0.4) is 0 Å².